The molecule has 1 saturated heterocycles. The molecule has 1 aromatic heterocycles. The van der Waals surface area contributed by atoms with Crippen molar-refractivity contribution in [1.29, 1.82) is 0 Å². The van der Waals surface area contributed by atoms with Crippen LogP contribution in [0.25, 0.3) is 0 Å². The predicted molar refractivity (Wildman–Crippen MR) is 58.7 cm³/mol. The first-order valence-corrected chi connectivity index (χ1v) is 5.59. The van der Waals surface area contributed by atoms with Gasteiger partial charge in [-0.2, -0.15) is 5.10 Å². The van der Waals surface area contributed by atoms with Gasteiger partial charge in [0.15, 0.2) is 0 Å². The summed E-state index contributed by atoms with van der Waals surface area (Å²) in [6.07, 6.45) is 6.10. The maximum absolute atomic E-state index is 5.73. The van der Waals surface area contributed by atoms with Crippen LogP contribution in [0, 0.1) is 0 Å². The maximum atomic E-state index is 5.73. The molecule has 0 saturated carbocycles. The molecule has 1 fully saturated rings. The van der Waals surface area contributed by atoms with Gasteiger partial charge < -0.3 is 10.1 Å². The molecule has 4 heteroatoms. The lowest BCUT2D eigenvalue weighted by Gasteiger charge is -2.35. The Labute approximate surface area is 90.6 Å². The van der Waals surface area contributed by atoms with E-state index in [1.165, 1.54) is 5.56 Å². The van der Waals surface area contributed by atoms with Crippen LogP contribution in [0.5, 0.6) is 0 Å². The van der Waals surface area contributed by atoms with Crippen molar-refractivity contribution in [3.8, 4) is 0 Å². The minimum absolute atomic E-state index is 0.112. The van der Waals surface area contributed by atoms with E-state index >= 15 is 0 Å². The minimum atomic E-state index is -0.112. The van der Waals surface area contributed by atoms with E-state index in [1.807, 2.05) is 10.9 Å². The van der Waals surface area contributed by atoms with Gasteiger partial charge in [0.05, 0.1) is 11.8 Å². The summed E-state index contributed by atoms with van der Waals surface area (Å²) in [4.78, 5) is 0. The molecule has 1 aromatic rings. The van der Waals surface area contributed by atoms with E-state index in [4.69, 9.17) is 4.74 Å². The van der Waals surface area contributed by atoms with E-state index in [0.717, 1.165) is 32.5 Å². The molecule has 0 aromatic carbocycles. The lowest BCUT2D eigenvalue weighted by Crippen LogP contribution is -2.41. The molecule has 2 heterocycles. The Morgan fingerprint density at radius 3 is 2.80 bits per heavy atom. The Balaban J connectivity index is 2.24. The van der Waals surface area contributed by atoms with Crippen molar-refractivity contribution >= 4 is 0 Å². The van der Waals surface area contributed by atoms with Gasteiger partial charge in [-0.3, -0.25) is 4.68 Å². The molecule has 0 bridgehead atoms. The van der Waals surface area contributed by atoms with Gasteiger partial charge in [-0.25, -0.2) is 0 Å². The number of ether oxygens (including phenoxy) is 1. The van der Waals surface area contributed by atoms with Crippen LogP contribution in [-0.2, 0) is 16.9 Å². The van der Waals surface area contributed by atoms with Crippen molar-refractivity contribution in [2.75, 3.05) is 20.2 Å². The maximum Gasteiger partial charge on any atom is 0.0981 e. The molecule has 0 aliphatic carbocycles. The molecule has 4 nitrogen and oxygen atoms in total. The van der Waals surface area contributed by atoms with E-state index in [9.17, 15) is 0 Å². The van der Waals surface area contributed by atoms with Crippen LogP contribution in [0.3, 0.4) is 0 Å². The van der Waals surface area contributed by atoms with E-state index in [2.05, 4.69) is 23.5 Å². The topological polar surface area (TPSA) is 39.1 Å². The smallest absolute Gasteiger partial charge is 0.0981 e. The van der Waals surface area contributed by atoms with Gasteiger partial charge in [0, 0.05) is 25.4 Å². The summed E-state index contributed by atoms with van der Waals surface area (Å²) in [5.41, 5.74) is 1.10. The Hall–Kier alpha value is -0.870. The van der Waals surface area contributed by atoms with Gasteiger partial charge in [-0.1, -0.05) is 0 Å². The Bertz CT molecular complexity index is 315. The van der Waals surface area contributed by atoms with Crippen molar-refractivity contribution in [3.05, 3.63) is 18.0 Å². The first-order valence-electron chi connectivity index (χ1n) is 5.59. The van der Waals surface area contributed by atoms with Crippen molar-refractivity contribution in [2.45, 2.75) is 31.9 Å². The molecular weight excluding hydrogens is 190 g/mol. The van der Waals surface area contributed by atoms with Crippen molar-refractivity contribution in [1.82, 2.24) is 15.1 Å². The first-order chi connectivity index (χ1) is 7.30. The van der Waals surface area contributed by atoms with Crippen LogP contribution >= 0.6 is 0 Å². The number of nitrogens with zero attached hydrogens (tertiary/aromatic N) is 2. The highest BCUT2D eigenvalue weighted by molar-refractivity contribution is 5.17. The minimum Gasteiger partial charge on any atom is -0.373 e. The van der Waals surface area contributed by atoms with Gasteiger partial charge in [-0.15, -0.1) is 0 Å². The Morgan fingerprint density at radius 2 is 2.27 bits per heavy atom. The van der Waals surface area contributed by atoms with Crippen molar-refractivity contribution in [2.24, 2.45) is 0 Å². The lowest BCUT2D eigenvalue weighted by atomic mass is 9.87. The molecule has 2 rings (SSSR count). The molecule has 1 aliphatic rings. The van der Waals surface area contributed by atoms with Gasteiger partial charge in [-0.05, 0) is 32.9 Å². The van der Waals surface area contributed by atoms with Gasteiger partial charge >= 0.3 is 0 Å². The highest BCUT2D eigenvalue weighted by Crippen LogP contribution is 2.33. The second-order valence-corrected chi connectivity index (χ2v) is 4.03. The zero-order valence-electron chi connectivity index (χ0n) is 9.49. The molecule has 1 N–H and O–H groups in total. The van der Waals surface area contributed by atoms with Gasteiger partial charge in [0.25, 0.3) is 0 Å². The molecule has 0 amide bonds. The molecule has 15 heavy (non-hydrogen) atoms. The molecule has 0 atom stereocenters. The Morgan fingerprint density at radius 1 is 1.53 bits per heavy atom. The van der Waals surface area contributed by atoms with Crippen LogP contribution in [-0.4, -0.2) is 30.0 Å². The lowest BCUT2D eigenvalue weighted by molar-refractivity contribution is -0.0391. The zero-order chi connectivity index (χ0) is 10.7. The standard InChI is InChI=1S/C11H19N3O/c1-3-14-9-10(8-13-14)11(15-2)4-6-12-7-5-11/h8-9,12H,3-7H2,1-2H3. The number of methoxy groups -OCH3 is 1. The average molecular weight is 209 g/mol. The third-order valence-electron chi connectivity index (χ3n) is 3.29. The van der Waals surface area contributed by atoms with Crippen LogP contribution in [0.15, 0.2) is 12.4 Å². The highest BCUT2D eigenvalue weighted by Gasteiger charge is 2.34. The average Bonchev–Trinajstić information content (AvgIpc) is 2.79. The third kappa shape index (κ3) is 1.92. The largest absolute Gasteiger partial charge is 0.373 e. The van der Waals surface area contributed by atoms with Crippen molar-refractivity contribution in [3.63, 3.8) is 0 Å². The molecule has 0 radical (unpaired) electrons. The molecular formula is C11H19N3O. The van der Waals surface area contributed by atoms with Crippen molar-refractivity contribution < 1.29 is 4.74 Å². The first kappa shape index (κ1) is 10.6. The SMILES string of the molecule is CCn1cc(C2(OC)CCNCC2)cn1. The number of piperidine rings is 1. The molecule has 1 aliphatic heterocycles. The van der Waals surface area contributed by atoms with Crippen LogP contribution in [0.2, 0.25) is 0 Å². The number of hydrogen-bond donors (Lipinski definition) is 1. The summed E-state index contributed by atoms with van der Waals surface area (Å²) in [7, 11) is 1.80. The number of rotatable bonds is 3. The summed E-state index contributed by atoms with van der Waals surface area (Å²) in [6.45, 7) is 5.05. The fourth-order valence-corrected chi connectivity index (χ4v) is 2.21. The summed E-state index contributed by atoms with van der Waals surface area (Å²) in [5.74, 6) is 0. The molecule has 84 valence electrons. The normalized spacial score (nSPS) is 20.4. The zero-order valence-corrected chi connectivity index (χ0v) is 9.49. The van der Waals surface area contributed by atoms with E-state index in [1.54, 1.807) is 7.11 Å². The quantitative estimate of drug-likeness (QED) is 0.811. The van der Waals surface area contributed by atoms with E-state index in [0.29, 0.717) is 0 Å². The summed E-state index contributed by atoms with van der Waals surface area (Å²) >= 11 is 0. The number of aromatic nitrogens is 2. The summed E-state index contributed by atoms with van der Waals surface area (Å²) < 4.78 is 7.69. The number of aryl methyl sites for hydroxylation is 1. The fraction of sp³-hybridized carbons (Fsp3) is 0.727. The third-order valence-corrected chi connectivity index (χ3v) is 3.29. The second kappa shape index (κ2) is 4.33. The number of hydrogen-bond acceptors (Lipinski definition) is 3. The monoisotopic (exact) mass is 209 g/mol. The second-order valence-electron chi connectivity index (χ2n) is 4.03. The van der Waals surface area contributed by atoms with Gasteiger partial charge in [0.2, 0.25) is 0 Å². The van der Waals surface area contributed by atoms with Crippen LogP contribution in [0.4, 0.5) is 0 Å². The van der Waals surface area contributed by atoms with E-state index in [-0.39, 0.29) is 5.60 Å². The fourth-order valence-electron chi connectivity index (χ4n) is 2.21. The Kier molecular flexibility index (Phi) is 3.07. The molecule has 0 spiro atoms. The predicted octanol–water partition coefficient (Wildman–Crippen LogP) is 1.13. The summed E-state index contributed by atoms with van der Waals surface area (Å²) in [5, 5.41) is 7.68. The number of nitrogens with one attached hydrogen (secondary N) is 1. The highest BCUT2D eigenvalue weighted by atomic mass is 16.5. The van der Waals surface area contributed by atoms with Crippen LogP contribution in [0.1, 0.15) is 25.3 Å². The summed E-state index contributed by atoms with van der Waals surface area (Å²) in [6, 6.07) is 0. The molecule has 0 unspecified atom stereocenters. The van der Waals surface area contributed by atoms with E-state index < -0.39 is 0 Å². The van der Waals surface area contributed by atoms with Crippen LogP contribution < -0.4 is 5.32 Å². The van der Waals surface area contributed by atoms with Gasteiger partial charge in [0.1, 0.15) is 0 Å².